The number of rotatable bonds is 8. The van der Waals surface area contributed by atoms with E-state index in [9.17, 15) is 22.8 Å². The van der Waals surface area contributed by atoms with Crippen LogP contribution in [-0.4, -0.2) is 50.7 Å². The van der Waals surface area contributed by atoms with Gasteiger partial charge < -0.3 is 14.8 Å². The summed E-state index contributed by atoms with van der Waals surface area (Å²) in [5.74, 6) is -2.01. The molecule has 2 N–H and O–H groups in total. The van der Waals surface area contributed by atoms with Gasteiger partial charge in [0.15, 0.2) is 0 Å². The van der Waals surface area contributed by atoms with Crippen LogP contribution >= 0.6 is 11.3 Å². The summed E-state index contributed by atoms with van der Waals surface area (Å²) in [6.45, 7) is 9.13. The van der Waals surface area contributed by atoms with Gasteiger partial charge in [0.05, 0.1) is 12.0 Å². The molecule has 10 nitrogen and oxygen atoms in total. The lowest BCUT2D eigenvalue weighted by molar-refractivity contribution is -0.170. The Bertz CT molecular complexity index is 1510. The van der Waals surface area contributed by atoms with E-state index < -0.39 is 35.2 Å². The van der Waals surface area contributed by atoms with Gasteiger partial charge in [0.25, 0.3) is 5.91 Å². The third kappa shape index (κ3) is 7.13. The zero-order valence-electron chi connectivity index (χ0n) is 24.2. The van der Waals surface area contributed by atoms with E-state index in [4.69, 9.17) is 14.3 Å². The predicted octanol–water partition coefficient (Wildman–Crippen LogP) is 5.19. The van der Waals surface area contributed by atoms with Crippen molar-refractivity contribution in [1.29, 1.82) is 0 Å². The van der Waals surface area contributed by atoms with Gasteiger partial charge in [-0.2, -0.15) is 18.7 Å². The first-order chi connectivity index (χ1) is 20.1. The largest absolute Gasteiger partial charge is 0.490 e. The predicted molar refractivity (Wildman–Crippen MR) is 150 cm³/mol. The fraction of sp³-hybridized carbons (Fsp3) is 0.483. The Balaban J connectivity index is 1.33. The number of carbonyl (C=O) groups excluding carboxylic acids is 2. The Hall–Kier alpha value is -3.62. The highest BCUT2D eigenvalue weighted by Gasteiger charge is 2.56. The highest BCUT2D eigenvalue weighted by atomic mass is 32.1. The van der Waals surface area contributed by atoms with E-state index in [0.29, 0.717) is 34.7 Å². The van der Waals surface area contributed by atoms with Crippen molar-refractivity contribution >= 4 is 23.2 Å². The number of nitrogens with zero attached hydrogens (tertiary/aromatic N) is 3. The normalized spacial score (nSPS) is 22.3. The molecule has 0 radical (unpaired) electrons. The molecule has 43 heavy (non-hydrogen) atoms. The van der Waals surface area contributed by atoms with Gasteiger partial charge in [-0.25, -0.2) is 15.0 Å². The lowest BCUT2D eigenvalue weighted by Gasteiger charge is -2.30. The van der Waals surface area contributed by atoms with Crippen LogP contribution in [0.15, 0.2) is 36.8 Å². The van der Waals surface area contributed by atoms with Crippen LogP contribution in [0.3, 0.4) is 0 Å². The zero-order valence-corrected chi connectivity index (χ0v) is 25.1. The minimum Gasteiger partial charge on any atom is -0.490 e. The van der Waals surface area contributed by atoms with E-state index in [1.165, 1.54) is 11.3 Å². The maximum Gasteiger partial charge on any atom is 0.451 e. The topological polar surface area (TPSA) is 125 Å². The smallest absolute Gasteiger partial charge is 0.451 e. The van der Waals surface area contributed by atoms with Crippen molar-refractivity contribution in [2.75, 3.05) is 6.61 Å². The molecule has 14 heteroatoms. The van der Waals surface area contributed by atoms with Gasteiger partial charge >= 0.3 is 12.1 Å². The summed E-state index contributed by atoms with van der Waals surface area (Å²) in [7, 11) is 0. The number of esters is 1. The summed E-state index contributed by atoms with van der Waals surface area (Å²) in [5.41, 5.74) is 2.82. The van der Waals surface area contributed by atoms with Crippen LogP contribution in [0.25, 0.3) is 10.6 Å². The summed E-state index contributed by atoms with van der Waals surface area (Å²) in [4.78, 5) is 44.1. The van der Waals surface area contributed by atoms with E-state index in [2.05, 4.69) is 25.7 Å². The molecule has 1 aliphatic carbocycles. The molecule has 2 aliphatic rings. The second-order valence-electron chi connectivity index (χ2n) is 11.9. The van der Waals surface area contributed by atoms with E-state index in [0.717, 1.165) is 17.3 Å². The standard InChI is InChI=1S/C29H32F3N5O5S/c1-15-11-33-24(43-15)18-6-17(23(38)36-16(2)19-12-34-26(35-13-19)29(30,31)32)7-20(8-18)40-14-28-9-21(22(10-28)37-42-28)25(39)41-27(3,4)5/h6-8,11-13,16,21-22,37H,9-10,14H2,1-5H3,(H,36,38)/t16-,21?,22?,28?/m1/s1. The van der Waals surface area contributed by atoms with Gasteiger partial charge in [0, 0.05) is 52.6 Å². The van der Waals surface area contributed by atoms with E-state index in [1.54, 1.807) is 31.3 Å². The number of hydroxylamine groups is 1. The molecule has 5 rings (SSSR count). The number of benzene rings is 1. The summed E-state index contributed by atoms with van der Waals surface area (Å²) >= 11 is 1.45. The molecule has 1 aromatic carbocycles. The third-order valence-electron chi connectivity index (χ3n) is 7.12. The number of thiazole rings is 1. The molecule has 2 aromatic heterocycles. The lowest BCUT2D eigenvalue weighted by Crippen LogP contribution is -2.45. The number of alkyl halides is 3. The van der Waals surface area contributed by atoms with E-state index >= 15 is 0 Å². The number of aryl methyl sites for hydroxylation is 1. The average Bonchev–Trinajstić information content (AvgIpc) is 3.66. The van der Waals surface area contributed by atoms with Crippen LogP contribution in [0.5, 0.6) is 5.75 Å². The Labute approximate surface area is 250 Å². The maximum absolute atomic E-state index is 13.3. The molecule has 1 aliphatic heterocycles. The Kier molecular flexibility index (Phi) is 8.22. The molecule has 1 amide bonds. The first kappa shape index (κ1) is 30.8. The number of hydrogen-bond donors (Lipinski definition) is 2. The number of carbonyl (C=O) groups is 2. The number of nitrogens with one attached hydrogen (secondary N) is 2. The first-order valence-electron chi connectivity index (χ1n) is 13.7. The van der Waals surface area contributed by atoms with Crippen molar-refractivity contribution in [1.82, 2.24) is 25.7 Å². The summed E-state index contributed by atoms with van der Waals surface area (Å²) in [6, 6.07) is 4.15. The summed E-state index contributed by atoms with van der Waals surface area (Å²) in [6.07, 6.45) is 0.127. The molecule has 1 saturated heterocycles. The number of hydrogen-bond acceptors (Lipinski definition) is 10. The van der Waals surface area contributed by atoms with Gasteiger partial charge in [-0.1, -0.05) is 0 Å². The molecule has 4 atom stereocenters. The molecule has 3 heterocycles. The quantitative estimate of drug-likeness (QED) is 0.328. The van der Waals surface area contributed by atoms with Crippen LogP contribution in [0.4, 0.5) is 13.2 Å². The molecule has 1 saturated carbocycles. The van der Waals surface area contributed by atoms with Crippen LogP contribution in [0.1, 0.15) is 73.2 Å². The minimum atomic E-state index is -4.66. The van der Waals surface area contributed by atoms with Gasteiger partial charge in [-0.05, 0) is 59.2 Å². The SMILES string of the molecule is Cc1cnc(-c2cc(OCC34CC(NO3)C(C(=O)OC(C)(C)C)C4)cc(C(=O)N[C@H](C)c3cnc(C(F)(F)F)nc3)c2)s1. The van der Waals surface area contributed by atoms with Gasteiger partial charge in [0.1, 0.15) is 28.6 Å². The molecular weight excluding hydrogens is 587 g/mol. The third-order valence-corrected chi connectivity index (χ3v) is 8.08. The van der Waals surface area contributed by atoms with Crippen LogP contribution < -0.4 is 15.5 Å². The monoisotopic (exact) mass is 619 g/mol. The zero-order chi connectivity index (χ0) is 31.2. The number of ether oxygens (including phenoxy) is 2. The molecule has 3 aromatic rings. The summed E-state index contributed by atoms with van der Waals surface area (Å²) < 4.78 is 50.3. The fourth-order valence-electron chi connectivity index (χ4n) is 5.06. The van der Waals surface area contributed by atoms with Gasteiger partial charge in [-0.15, -0.1) is 11.3 Å². The van der Waals surface area contributed by atoms with Gasteiger partial charge in [-0.3, -0.25) is 14.4 Å². The molecule has 0 spiro atoms. The first-order valence-corrected chi connectivity index (χ1v) is 14.5. The highest BCUT2D eigenvalue weighted by Crippen LogP contribution is 2.44. The van der Waals surface area contributed by atoms with Crippen molar-refractivity contribution in [3.63, 3.8) is 0 Å². The molecular formula is C29H32F3N5O5S. The number of aromatic nitrogens is 3. The second-order valence-corrected chi connectivity index (χ2v) is 13.1. The molecule has 3 unspecified atom stereocenters. The van der Waals surface area contributed by atoms with E-state index in [-0.39, 0.29) is 30.1 Å². The lowest BCUT2D eigenvalue weighted by atomic mass is 10.00. The van der Waals surface area contributed by atoms with E-state index in [1.807, 2.05) is 27.7 Å². The maximum atomic E-state index is 13.3. The highest BCUT2D eigenvalue weighted by molar-refractivity contribution is 7.14. The average molecular weight is 620 g/mol. The van der Waals surface area contributed by atoms with Crippen LogP contribution in [-0.2, 0) is 20.5 Å². The van der Waals surface area contributed by atoms with Crippen molar-refractivity contribution in [3.05, 3.63) is 58.6 Å². The van der Waals surface area contributed by atoms with Crippen LogP contribution in [0.2, 0.25) is 0 Å². The van der Waals surface area contributed by atoms with Crippen molar-refractivity contribution in [2.45, 2.75) is 76.9 Å². The fourth-order valence-corrected chi connectivity index (χ4v) is 5.81. The molecule has 230 valence electrons. The molecule has 2 bridgehead atoms. The number of halogens is 3. The van der Waals surface area contributed by atoms with Crippen LogP contribution in [0, 0.1) is 12.8 Å². The Morgan fingerprint density at radius 1 is 1.14 bits per heavy atom. The second kappa shape index (κ2) is 11.5. The Morgan fingerprint density at radius 2 is 1.86 bits per heavy atom. The van der Waals surface area contributed by atoms with Crippen molar-refractivity contribution in [3.8, 4) is 16.3 Å². The van der Waals surface area contributed by atoms with Crippen molar-refractivity contribution in [2.24, 2.45) is 5.92 Å². The summed E-state index contributed by atoms with van der Waals surface area (Å²) in [5, 5.41) is 3.47. The number of amides is 1. The van der Waals surface area contributed by atoms with Crippen molar-refractivity contribution < 1.29 is 37.1 Å². The number of fused-ring (bicyclic) bond motifs is 2. The Morgan fingerprint density at radius 3 is 2.49 bits per heavy atom. The van der Waals surface area contributed by atoms with Gasteiger partial charge in [0.2, 0.25) is 5.82 Å². The molecule has 2 fully saturated rings. The minimum absolute atomic E-state index is 0.122.